The molecule has 0 saturated carbocycles. The molecule has 1 aromatic heterocycles. The first-order valence-corrected chi connectivity index (χ1v) is 12.2. The number of aromatic hydroxyl groups is 1. The SMILES string of the molecule is CC(=O)N1N=C(c2ccc(-n3nc(C)n(N4C(=O)c5ccccc5C4=O)c3=O)cc2)CC1c1ccccc1O. The summed E-state index contributed by atoms with van der Waals surface area (Å²) in [6.45, 7) is 2.96. The lowest BCUT2D eigenvalue weighted by Gasteiger charge is -2.21. The summed E-state index contributed by atoms with van der Waals surface area (Å²) in [6.07, 6.45) is 0.393. The zero-order chi connectivity index (χ0) is 27.4. The Morgan fingerprint density at radius 2 is 1.51 bits per heavy atom. The molecule has 39 heavy (non-hydrogen) atoms. The first-order chi connectivity index (χ1) is 18.8. The first-order valence-electron chi connectivity index (χ1n) is 12.2. The van der Waals surface area contributed by atoms with Gasteiger partial charge < -0.3 is 5.11 Å². The van der Waals surface area contributed by atoms with Crippen molar-refractivity contribution in [3.05, 3.63) is 111 Å². The molecule has 2 aliphatic heterocycles. The van der Waals surface area contributed by atoms with Gasteiger partial charge in [-0.3, -0.25) is 14.4 Å². The number of imide groups is 1. The van der Waals surface area contributed by atoms with E-state index in [0.717, 1.165) is 19.9 Å². The van der Waals surface area contributed by atoms with Gasteiger partial charge in [0.15, 0.2) is 5.82 Å². The van der Waals surface area contributed by atoms with Crippen LogP contribution in [0.15, 0.2) is 82.7 Å². The van der Waals surface area contributed by atoms with Crippen LogP contribution in [-0.4, -0.2) is 48.0 Å². The normalized spacial score (nSPS) is 16.6. The Hall–Kier alpha value is -5.32. The van der Waals surface area contributed by atoms with E-state index in [1.807, 2.05) is 0 Å². The molecule has 3 heterocycles. The van der Waals surface area contributed by atoms with Crippen molar-refractivity contribution in [2.24, 2.45) is 5.10 Å². The second kappa shape index (κ2) is 8.91. The number of aryl methyl sites for hydroxylation is 1. The van der Waals surface area contributed by atoms with Crippen LogP contribution in [0.2, 0.25) is 0 Å². The summed E-state index contributed by atoms with van der Waals surface area (Å²) in [5.41, 5.74) is 2.17. The maximum absolute atomic E-state index is 13.3. The Labute approximate surface area is 221 Å². The van der Waals surface area contributed by atoms with Gasteiger partial charge in [0.05, 0.1) is 28.6 Å². The Kier molecular flexibility index (Phi) is 5.49. The summed E-state index contributed by atoms with van der Waals surface area (Å²) in [4.78, 5) is 51.5. The first kappa shape index (κ1) is 24.0. The minimum Gasteiger partial charge on any atom is -0.508 e. The van der Waals surface area contributed by atoms with Gasteiger partial charge in [-0.2, -0.15) is 19.5 Å². The Morgan fingerprint density at radius 3 is 2.13 bits per heavy atom. The lowest BCUT2D eigenvalue weighted by Crippen LogP contribution is -2.46. The summed E-state index contributed by atoms with van der Waals surface area (Å²) in [6, 6.07) is 19.6. The van der Waals surface area contributed by atoms with Crippen LogP contribution >= 0.6 is 0 Å². The molecule has 1 N–H and O–H groups in total. The molecule has 11 nitrogen and oxygen atoms in total. The minimum absolute atomic E-state index is 0.0870. The maximum Gasteiger partial charge on any atom is 0.370 e. The van der Waals surface area contributed by atoms with Crippen molar-refractivity contribution in [2.45, 2.75) is 26.3 Å². The maximum atomic E-state index is 13.3. The van der Waals surface area contributed by atoms with Crippen LogP contribution in [0, 0.1) is 6.92 Å². The topological polar surface area (TPSA) is 130 Å². The molecule has 2 aliphatic rings. The van der Waals surface area contributed by atoms with Crippen molar-refractivity contribution in [3.63, 3.8) is 0 Å². The molecule has 0 spiro atoms. The second-order valence-corrected chi connectivity index (χ2v) is 9.26. The van der Waals surface area contributed by atoms with E-state index in [2.05, 4.69) is 10.2 Å². The number of fused-ring (bicyclic) bond motifs is 1. The lowest BCUT2D eigenvalue weighted by atomic mass is 9.97. The van der Waals surface area contributed by atoms with E-state index in [-0.39, 0.29) is 28.6 Å². The summed E-state index contributed by atoms with van der Waals surface area (Å²) >= 11 is 0. The fraction of sp³-hybridized carbons (Fsp3) is 0.143. The van der Waals surface area contributed by atoms with Crippen molar-refractivity contribution in [1.82, 2.24) is 19.5 Å². The molecule has 1 unspecified atom stereocenters. The van der Waals surface area contributed by atoms with Crippen molar-refractivity contribution in [1.29, 1.82) is 0 Å². The van der Waals surface area contributed by atoms with Gasteiger partial charge >= 0.3 is 5.69 Å². The smallest absolute Gasteiger partial charge is 0.370 e. The summed E-state index contributed by atoms with van der Waals surface area (Å²) in [5, 5.41) is 21.3. The number of benzene rings is 3. The molecule has 4 aromatic rings. The molecule has 0 radical (unpaired) electrons. The van der Waals surface area contributed by atoms with E-state index in [9.17, 15) is 24.3 Å². The van der Waals surface area contributed by atoms with Crippen molar-refractivity contribution < 1.29 is 19.5 Å². The Balaban J connectivity index is 1.30. The average molecular weight is 523 g/mol. The summed E-state index contributed by atoms with van der Waals surface area (Å²) < 4.78 is 2.09. The monoisotopic (exact) mass is 522 g/mol. The van der Waals surface area contributed by atoms with E-state index < -0.39 is 23.5 Å². The number of phenols is 1. The third kappa shape index (κ3) is 3.74. The van der Waals surface area contributed by atoms with Crippen molar-refractivity contribution in [3.8, 4) is 11.4 Å². The highest BCUT2D eigenvalue weighted by molar-refractivity contribution is 6.30. The number of nitrogens with zero attached hydrogens (tertiary/aromatic N) is 6. The van der Waals surface area contributed by atoms with E-state index in [1.165, 1.54) is 11.9 Å². The number of hydrazone groups is 1. The molecule has 1 atom stereocenters. The summed E-state index contributed by atoms with van der Waals surface area (Å²) in [7, 11) is 0. The number of amides is 3. The highest BCUT2D eigenvalue weighted by Gasteiger charge is 2.39. The van der Waals surface area contributed by atoms with Gasteiger partial charge in [0.25, 0.3) is 11.8 Å². The number of phenolic OH excluding ortho intramolecular Hbond substituents is 1. The molecule has 0 saturated heterocycles. The molecular formula is C28H22N6O5. The fourth-order valence-electron chi connectivity index (χ4n) is 5.00. The van der Waals surface area contributed by atoms with Crippen LogP contribution in [0.3, 0.4) is 0 Å². The zero-order valence-corrected chi connectivity index (χ0v) is 21.0. The minimum atomic E-state index is -0.671. The largest absolute Gasteiger partial charge is 0.508 e. The number of carbonyl (C=O) groups excluding carboxylic acids is 3. The van der Waals surface area contributed by atoms with Gasteiger partial charge in [0.2, 0.25) is 5.91 Å². The number of rotatable bonds is 4. The summed E-state index contributed by atoms with van der Waals surface area (Å²) in [5.74, 6) is -1.19. The molecule has 3 amide bonds. The van der Waals surface area contributed by atoms with Gasteiger partial charge in [-0.1, -0.05) is 42.5 Å². The molecule has 6 rings (SSSR count). The molecule has 3 aromatic carbocycles. The van der Waals surface area contributed by atoms with Crippen LogP contribution in [0.25, 0.3) is 5.69 Å². The van der Waals surface area contributed by atoms with Gasteiger partial charge in [-0.25, -0.2) is 9.80 Å². The molecule has 194 valence electrons. The van der Waals surface area contributed by atoms with E-state index in [1.54, 1.807) is 79.7 Å². The highest BCUT2D eigenvalue weighted by atomic mass is 16.3. The van der Waals surface area contributed by atoms with E-state index in [4.69, 9.17) is 0 Å². The number of para-hydroxylation sites is 1. The van der Waals surface area contributed by atoms with Crippen molar-refractivity contribution >= 4 is 23.4 Å². The molecular weight excluding hydrogens is 500 g/mol. The molecule has 0 fully saturated rings. The third-order valence-corrected chi connectivity index (χ3v) is 6.86. The van der Waals surface area contributed by atoms with Gasteiger partial charge in [0, 0.05) is 18.9 Å². The molecule has 0 bridgehead atoms. The zero-order valence-electron chi connectivity index (χ0n) is 21.0. The van der Waals surface area contributed by atoms with Crippen LogP contribution in [0.4, 0.5) is 0 Å². The number of hydrogen-bond donors (Lipinski definition) is 1. The van der Waals surface area contributed by atoms with Crippen molar-refractivity contribution in [2.75, 3.05) is 5.01 Å². The second-order valence-electron chi connectivity index (χ2n) is 9.26. The van der Waals surface area contributed by atoms with E-state index in [0.29, 0.717) is 23.4 Å². The number of aromatic nitrogens is 3. The number of hydrogen-bond acceptors (Lipinski definition) is 7. The van der Waals surface area contributed by atoms with Crippen LogP contribution in [-0.2, 0) is 4.79 Å². The van der Waals surface area contributed by atoms with Crippen LogP contribution in [0.5, 0.6) is 5.75 Å². The molecule has 11 heteroatoms. The number of carbonyl (C=O) groups is 3. The quantitative estimate of drug-likeness (QED) is 0.410. The molecule has 0 aliphatic carbocycles. The Morgan fingerprint density at radius 1 is 0.897 bits per heavy atom. The van der Waals surface area contributed by atoms with Crippen LogP contribution < -0.4 is 10.7 Å². The van der Waals surface area contributed by atoms with Gasteiger partial charge in [-0.15, -0.1) is 5.10 Å². The fourth-order valence-corrected chi connectivity index (χ4v) is 5.00. The predicted octanol–water partition coefficient (Wildman–Crippen LogP) is 2.68. The average Bonchev–Trinajstić information content (AvgIpc) is 3.58. The third-order valence-electron chi connectivity index (χ3n) is 6.86. The Bertz CT molecular complexity index is 1730. The predicted molar refractivity (Wildman–Crippen MR) is 140 cm³/mol. The standard InChI is InChI=1S/C28H22N6O5/c1-16-29-32(28(39)33(16)34-26(37)20-7-3-4-8-21(20)27(34)38)19-13-11-18(12-14-19)23-15-24(31(30-23)17(2)35)22-9-5-6-10-25(22)36/h3-14,24,36H,15H2,1-2H3. The van der Waals surface area contributed by atoms with Crippen LogP contribution in [0.1, 0.15) is 57.1 Å². The van der Waals surface area contributed by atoms with Gasteiger partial charge in [0.1, 0.15) is 5.75 Å². The van der Waals surface area contributed by atoms with E-state index >= 15 is 0 Å². The highest BCUT2D eigenvalue weighted by Crippen LogP contribution is 2.37. The van der Waals surface area contributed by atoms with Gasteiger partial charge in [-0.05, 0) is 42.8 Å². The lowest BCUT2D eigenvalue weighted by molar-refractivity contribution is -0.130.